The Balaban J connectivity index is 2.34. The Morgan fingerprint density at radius 1 is 1.41 bits per heavy atom. The van der Waals surface area contributed by atoms with Gasteiger partial charge in [0.25, 0.3) is 0 Å². The number of hydrogen-bond acceptors (Lipinski definition) is 4. The molecule has 6 heteroatoms. The Morgan fingerprint density at radius 2 is 2.14 bits per heavy atom. The predicted octanol–water partition coefficient (Wildman–Crippen LogP) is 1.37. The van der Waals surface area contributed by atoms with Gasteiger partial charge in [0.1, 0.15) is 5.82 Å². The lowest BCUT2D eigenvalue weighted by molar-refractivity contribution is -0.121. The molecule has 2 atom stereocenters. The zero-order chi connectivity index (χ0) is 16.1. The number of fused-ring (bicyclic) bond motifs is 1. The molecule has 0 saturated heterocycles. The molecule has 1 aromatic carbocycles. The highest BCUT2D eigenvalue weighted by Crippen LogP contribution is 2.21. The van der Waals surface area contributed by atoms with Crippen LogP contribution in [0, 0.1) is 0 Å². The number of benzene rings is 1. The fraction of sp³-hybridized carbons (Fsp3) is 0.500. The number of carbonyl (C=O) groups is 1. The molecule has 120 valence electrons. The molecule has 0 spiro atoms. The van der Waals surface area contributed by atoms with Crippen molar-refractivity contribution in [1.82, 2.24) is 14.9 Å². The molecule has 0 aliphatic heterocycles. The van der Waals surface area contributed by atoms with Crippen LogP contribution in [0.25, 0.3) is 11.0 Å². The molecule has 1 amide bonds. The average molecular weight is 305 g/mol. The highest BCUT2D eigenvalue weighted by Gasteiger charge is 2.19. The third-order valence-corrected chi connectivity index (χ3v) is 3.53. The summed E-state index contributed by atoms with van der Waals surface area (Å²) in [6, 6.07) is 7.33. The van der Waals surface area contributed by atoms with E-state index in [2.05, 4.69) is 10.3 Å². The summed E-state index contributed by atoms with van der Waals surface area (Å²) in [6.45, 7) is 3.75. The van der Waals surface area contributed by atoms with Gasteiger partial charge in [-0.25, -0.2) is 4.98 Å². The van der Waals surface area contributed by atoms with Crippen molar-refractivity contribution in [2.45, 2.75) is 45.4 Å². The summed E-state index contributed by atoms with van der Waals surface area (Å²) in [5, 5.41) is 21.8. The smallest absolute Gasteiger partial charge is 0.220 e. The second-order valence-corrected chi connectivity index (χ2v) is 5.44. The van der Waals surface area contributed by atoms with Crippen LogP contribution in [-0.4, -0.2) is 38.4 Å². The first kappa shape index (κ1) is 16.5. The van der Waals surface area contributed by atoms with Crippen LogP contribution in [-0.2, 0) is 11.3 Å². The van der Waals surface area contributed by atoms with Crippen LogP contribution in [0.15, 0.2) is 24.3 Å². The Kier molecular flexibility index (Phi) is 5.51. The van der Waals surface area contributed by atoms with Gasteiger partial charge in [0.05, 0.1) is 36.3 Å². The first-order valence-electron chi connectivity index (χ1n) is 7.60. The van der Waals surface area contributed by atoms with E-state index in [0.29, 0.717) is 12.2 Å². The van der Waals surface area contributed by atoms with Crippen molar-refractivity contribution in [3.63, 3.8) is 0 Å². The number of aliphatic hydroxyl groups is 2. The van der Waals surface area contributed by atoms with Gasteiger partial charge in [-0.2, -0.15) is 0 Å². The first-order valence-corrected chi connectivity index (χ1v) is 7.60. The van der Waals surface area contributed by atoms with Crippen LogP contribution >= 0.6 is 0 Å². The summed E-state index contributed by atoms with van der Waals surface area (Å²) in [4.78, 5) is 16.4. The van der Waals surface area contributed by atoms with E-state index in [1.165, 1.54) is 0 Å². The Hall–Kier alpha value is -1.92. The highest BCUT2D eigenvalue weighted by atomic mass is 16.3. The summed E-state index contributed by atoms with van der Waals surface area (Å²) >= 11 is 0. The normalized spacial score (nSPS) is 14.0. The van der Waals surface area contributed by atoms with Crippen molar-refractivity contribution < 1.29 is 15.0 Å². The van der Waals surface area contributed by atoms with Crippen LogP contribution in [0.3, 0.4) is 0 Å². The summed E-state index contributed by atoms with van der Waals surface area (Å²) in [5.41, 5.74) is 1.68. The number of rotatable bonds is 7. The third-order valence-electron chi connectivity index (χ3n) is 3.53. The molecular weight excluding hydrogens is 282 g/mol. The van der Waals surface area contributed by atoms with Crippen LogP contribution in [0.1, 0.15) is 38.6 Å². The third kappa shape index (κ3) is 3.64. The summed E-state index contributed by atoms with van der Waals surface area (Å²) < 4.78 is 1.85. The number of aliphatic hydroxyl groups excluding tert-OH is 2. The topological polar surface area (TPSA) is 87.4 Å². The average Bonchev–Trinajstić information content (AvgIpc) is 2.86. The number of carbonyl (C=O) groups excluding carboxylic acids is 1. The number of hydrogen-bond donors (Lipinski definition) is 3. The second kappa shape index (κ2) is 7.38. The predicted molar refractivity (Wildman–Crippen MR) is 84.3 cm³/mol. The van der Waals surface area contributed by atoms with E-state index in [4.69, 9.17) is 5.11 Å². The lowest BCUT2D eigenvalue weighted by Crippen LogP contribution is -2.30. The number of aromatic nitrogens is 2. The van der Waals surface area contributed by atoms with Crippen molar-refractivity contribution >= 4 is 16.9 Å². The zero-order valence-corrected chi connectivity index (χ0v) is 13.0. The quantitative estimate of drug-likeness (QED) is 0.721. The largest absolute Gasteiger partial charge is 0.394 e. The SMILES string of the molecule is CCCC(=O)N[C@@H](C)c1nc2ccccc2n1C[C@H](O)CO. The first-order chi connectivity index (χ1) is 10.6. The molecule has 2 rings (SSSR count). The minimum Gasteiger partial charge on any atom is -0.394 e. The van der Waals surface area contributed by atoms with E-state index in [1.54, 1.807) is 0 Å². The van der Waals surface area contributed by atoms with Crippen molar-refractivity contribution in [3.8, 4) is 0 Å². The van der Waals surface area contributed by atoms with Crippen LogP contribution < -0.4 is 5.32 Å². The molecule has 0 aliphatic carbocycles. The minimum absolute atomic E-state index is 0.0173. The fourth-order valence-electron chi connectivity index (χ4n) is 2.49. The van der Waals surface area contributed by atoms with E-state index in [0.717, 1.165) is 17.5 Å². The van der Waals surface area contributed by atoms with Crippen molar-refractivity contribution in [3.05, 3.63) is 30.1 Å². The van der Waals surface area contributed by atoms with Crippen molar-refractivity contribution in [2.75, 3.05) is 6.61 Å². The van der Waals surface area contributed by atoms with E-state index in [1.807, 2.05) is 42.7 Å². The van der Waals surface area contributed by atoms with E-state index in [-0.39, 0.29) is 25.1 Å². The highest BCUT2D eigenvalue weighted by molar-refractivity contribution is 5.78. The van der Waals surface area contributed by atoms with Gasteiger partial charge in [-0.05, 0) is 25.5 Å². The van der Waals surface area contributed by atoms with Crippen LogP contribution in [0.4, 0.5) is 0 Å². The Labute approximate surface area is 129 Å². The summed E-state index contributed by atoms with van der Waals surface area (Å²) in [6.07, 6.45) is 0.400. The Morgan fingerprint density at radius 3 is 2.82 bits per heavy atom. The fourth-order valence-corrected chi connectivity index (χ4v) is 2.49. The van der Waals surface area contributed by atoms with Gasteiger partial charge in [0.2, 0.25) is 5.91 Å². The van der Waals surface area contributed by atoms with E-state index < -0.39 is 6.10 Å². The van der Waals surface area contributed by atoms with Crippen LogP contribution in [0.2, 0.25) is 0 Å². The Bertz CT molecular complexity index is 639. The van der Waals surface area contributed by atoms with Gasteiger partial charge in [0.15, 0.2) is 0 Å². The van der Waals surface area contributed by atoms with Crippen molar-refractivity contribution in [1.29, 1.82) is 0 Å². The molecule has 1 heterocycles. The number of para-hydroxylation sites is 2. The summed E-state index contributed by atoms with van der Waals surface area (Å²) in [5.74, 6) is 0.662. The minimum atomic E-state index is -0.866. The lowest BCUT2D eigenvalue weighted by Gasteiger charge is -2.18. The zero-order valence-electron chi connectivity index (χ0n) is 13.0. The maximum absolute atomic E-state index is 11.8. The molecule has 1 aromatic heterocycles. The molecule has 0 fully saturated rings. The van der Waals surface area contributed by atoms with Gasteiger partial charge in [-0.3, -0.25) is 4.79 Å². The van der Waals surface area contributed by atoms with Gasteiger partial charge >= 0.3 is 0 Å². The molecule has 0 unspecified atom stereocenters. The standard InChI is InChI=1S/C16H23N3O3/c1-3-6-15(22)17-11(2)16-18-13-7-4-5-8-14(13)19(16)9-12(21)10-20/h4-5,7-8,11-12,20-21H,3,6,9-10H2,1-2H3,(H,17,22)/t11-,12-/m0/s1. The molecule has 0 aliphatic rings. The van der Waals surface area contributed by atoms with Gasteiger partial charge in [-0.15, -0.1) is 0 Å². The molecule has 6 nitrogen and oxygen atoms in total. The van der Waals surface area contributed by atoms with Gasteiger partial charge in [0, 0.05) is 6.42 Å². The molecule has 3 N–H and O–H groups in total. The number of amides is 1. The molecule has 0 bridgehead atoms. The molecular formula is C16H23N3O3. The van der Waals surface area contributed by atoms with Crippen molar-refractivity contribution in [2.24, 2.45) is 0 Å². The van der Waals surface area contributed by atoms with Gasteiger partial charge < -0.3 is 20.1 Å². The molecule has 2 aromatic rings. The monoisotopic (exact) mass is 305 g/mol. The number of nitrogens with zero attached hydrogens (tertiary/aromatic N) is 2. The van der Waals surface area contributed by atoms with Gasteiger partial charge in [-0.1, -0.05) is 19.1 Å². The van der Waals surface area contributed by atoms with E-state index >= 15 is 0 Å². The molecule has 22 heavy (non-hydrogen) atoms. The van der Waals surface area contributed by atoms with E-state index in [9.17, 15) is 9.90 Å². The van der Waals surface area contributed by atoms with Crippen LogP contribution in [0.5, 0.6) is 0 Å². The molecule has 0 saturated carbocycles. The maximum atomic E-state index is 11.8. The second-order valence-electron chi connectivity index (χ2n) is 5.44. The lowest BCUT2D eigenvalue weighted by atomic mass is 10.2. The summed E-state index contributed by atoms with van der Waals surface area (Å²) in [7, 11) is 0. The number of nitrogens with one attached hydrogen (secondary N) is 1. The number of imidazole rings is 1. The maximum Gasteiger partial charge on any atom is 0.220 e. The molecule has 0 radical (unpaired) electrons.